The lowest BCUT2D eigenvalue weighted by Crippen LogP contribution is -2.56. The molecule has 3 N–H and O–H groups in total. The topological polar surface area (TPSA) is 186 Å². The summed E-state index contributed by atoms with van der Waals surface area (Å²) in [5, 5.41) is 9.25. The van der Waals surface area contributed by atoms with Crippen LogP contribution in [-0.4, -0.2) is 108 Å². The Hall–Kier alpha value is -6.26. The molecule has 4 aliphatic rings. The average molecular weight is 863 g/mol. The summed E-state index contributed by atoms with van der Waals surface area (Å²) in [5.74, 6) is -1.47. The van der Waals surface area contributed by atoms with Crippen molar-refractivity contribution in [1.29, 1.82) is 0 Å². The Labute approximate surface area is 364 Å². The Morgan fingerprint density at radius 3 is 2.41 bits per heavy atom. The normalized spacial score (nSPS) is 20.6. The molecule has 2 saturated heterocycles. The van der Waals surface area contributed by atoms with Gasteiger partial charge in [0.1, 0.15) is 23.7 Å². The molecule has 2 atom stereocenters. The molecule has 8 rings (SSSR count). The van der Waals surface area contributed by atoms with E-state index in [-0.39, 0.29) is 79.2 Å². The Kier molecular flexibility index (Phi) is 13.4. The predicted molar refractivity (Wildman–Crippen MR) is 229 cm³/mol. The number of nitrogens with zero attached hydrogens (tertiary/aromatic N) is 3. The van der Waals surface area contributed by atoms with Gasteiger partial charge in [-0.25, -0.2) is 4.39 Å². The molecule has 4 heterocycles. The number of rotatable bonds is 17. The zero-order valence-corrected chi connectivity index (χ0v) is 35.1. The summed E-state index contributed by atoms with van der Waals surface area (Å²) in [6, 6.07) is 17.9. The van der Waals surface area contributed by atoms with Crippen LogP contribution in [0.1, 0.15) is 84.1 Å². The highest BCUT2D eigenvalue weighted by molar-refractivity contribution is 6.25. The zero-order valence-electron chi connectivity index (χ0n) is 35.1. The van der Waals surface area contributed by atoms with E-state index in [2.05, 4.69) is 20.9 Å². The number of ether oxygens (including phenoxy) is 3. The third-order valence-corrected chi connectivity index (χ3v) is 12.6. The fraction of sp³-hybridized carbons (Fsp3) is 0.426. The number of pyridine rings is 1. The van der Waals surface area contributed by atoms with Crippen molar-refractivity contribution in [2.75, 3.05) is 56.7 Å². The number of carbonyl (C=O) groups is 6. The van der Waals surface area contributed by atoms with Crippen LogP contribution in [-0.2, 0) is 28.7 Å². The third kappa shape index (κ3) is 9.87. The Bertz CT molecular complexity index is 2380. The number of amides is 6. The summed E-state index contributed by atoms with van der Waals surface area (Å²) in [6.07, 6.45) is 5.74. The molecule has 0 radical (unpaired) electrons. The van der Waals surface area contributed by atoms with Crippen LogP contribution >= 0.6 is 0 Å². The van der Waals surface area contributed by atoms with Gasteiger partial charge in [-0.2, -0.15) is 0 Å². The van der Waals surface area contributed by atoms with Crippen molar-refractivity contribution in [2.24, 2.45) is 11.8 Å². The summed E-state index contributed by atoms with van der Waals surface area (Å²) in [4.78, 5) is 83.1. The average Bonchev–Trinajstić information content (AvgIpc) is 3.52. The first-order chi connectivity index (χ1) is 30.5. The second-order valence-corrected chi connectivity index (χ2v) is 16.6. The summed E-state index contributed by atoms with van der Waals surface area (Å²) >= 11 is 0. The summed E-state index contributed by atoms with van der Waals surface area (Å²) in [7, 11) is 0. The Morgan fingerprint density at radius 1 is 0.889 bits per heavy atom. The van der Waals surface area contributed by atoms with Crippen molar-refractivity contribution in [2.45, 2.75) is 69.9 Å². The number of fused-ring (bicyclic) bond motifs is 2. The van der Waals surface area contributed by atoms with Crippen molar-refractivity contribution in [1.82, 2.24) is 20.1 Å². The van der Waals surface area contributed by atoms with Crippen molar-refractivity contribution in [3.05, 3.63) is 95.4 Å². The van der Waals surface area contributed by atoms with Crippen molar-refractivity contribution >= 4 is 57.7 Å². The Balaban J connectivity index is 0.671. The third-order valence-electron chi connectivity index (χ3n) is 12.6. The number of hydrogen-bond donors (Lipinski definition) is 3. The number of piperidine rings is 1. The van der Waals surface area contributed by atoms with E-state index in [0.717, 1.165) is 47.0 Å². The summed E-state index contributed by atoms with van der Waals surface area (Å²) in [6.45, 7) is 4.39. The molecule has 1 aliphatic carbocycles. The quantitative estimate of drug-likeness (QED) is 0.0906. The number of aromatic nitrogens is 1. The highest BCUT2D eigenvalue weighted by atomic mass is 19.1. The molecule has 63 heavy (non-hydrogen) atoms. The monoisotopic (exact) mass is 862 g/mol. The van der Waals surface area contributed by atoms with Crippen molar-refractivity contribution in [3.8, 4) is 5.75 Å². The molecule has 6 amide bonds. The second-order valence-electron chi connectivity index (χ2n) is 16.6. The van der Waals surface area contributed by atoms with E-state index >= 15 is 0 Å². The molecule has 4 aromatic rings. The molecule has 0 spiro atoms. The second kappa shape index (κ2) is 19.4. The van der Waals surface area contributed by atoms with Gasteiger partial charge in [0.15, 0.2) is 0 Å². The maximum Gasteiger partial charge on any atom is 0.264 e. The highest BCUT2D eigenvalue weighted by Gasteiger charge is 2.45. The molecule has 15 nitrogen and oxygen atoms in total. The van der Waals surface area contributed by atoms with Gasteiger partial charge in [-0.15, -0.1) is 0 Å². The molecule has 3 aliphatic heterocycles. The number of nitrogens with one attached hydrogen (secondary N) is 3. The van der Waals surface area contributed by atoms with Crippen LogP contribution in [0.5, 0.6) is 5.75 Å². The first-order valence-electron chi connectivity index (χ1n) is 21.7. The van der Waals surface area contributed by atoms with Crippen molar-refractivity contribution in [3.63, 3.8) is 0 Å². The van der Waals surface area contributed by atoms with Crippen LogP contribution in [0.2, 0.25) is 0 Å². The summed E-state index contributed by atoms with van der Waals surface area (Å²) < 4.78 is 31.3. The maximum atomic E-state index is 14.0. The lowest BCUT2D eigenvalue weighted by atomic mass is 9.73. The SMILES string of the molecule is C[C@@H](C(=O)Nc1ccc(OC2CN(C(=O)CCOCCOCCNc3cccc4c3C(=O)N(C3CCC(=O)NC3=O)C4=O)C2)cc1)C1CCC(c2ccnc3ccc(F)cc23)CC1. The first-order valence-corrected chi connectivity index (χ1v) is 21.7. The zero-order chi connectivity index (χ0) is 44.0. The predicted octanol–water partition coefficient (Wildman–Crippen LogP) is 5.45. The van der Waals surface area contributed by atoms with E-state index in [1.807, 2.05) is 37.3 Å². The first kappa shape index (κ1) is 43.4. The molecule has 3 aromatic carbocycles. The van der Waals surface area contributed by atoms with Crippen LogP contribution in [0.3, 0.4) is 0 Å². The van der Waals surface area contributed by atoms with Crippen LogP contribution in [0.15, 0.2) is 72.9 Å². The fourth-order valence-electron chi connectivity index (χ4n) is 8.98. The molecule has 1 unspecified atom stereocenters. The molecular weight excluding hydrogens is 812 g/mol. The molecular formula is C47H51FN6O9. The number of hydrogen-bond acceptors (Lipinski definition) is 11. The van der Waals surface area contributed by atoms with E-state index in [9.17, 15) is 33.2 Å². The van der Waals surface area contributed by atoms with Crippen LogP contribution in [0.25, 0.3) is 10.9 Å². The molecule has 0 bridgehead atoms. The lowest BCUT2D eigenvalue weighted by Gasteiger charge is -2.39. The van der Waals surface area contributed by atoms with E-state index in [1.54, 1.807) is 35.4 Å². The van der Waals surface area contributed by atoms with Gasteiger partial charge in [-0.05, 0) is 110 Å². The number of carbonyl (C=O) groups excluding carboxylic acids is 6. The fourth-order valence-corrected chi connectivity index (χ4v) is 8.98. The number of benzene rings is 3. The van der Waals surface area contributed by atoms with Gasteiger partial charge in [0.05, 0.1) is 62.6 Å². The number of likely N-dealkylation sites (tertiary alicyclic amines) is 1. The van der Waals surface area contributed by atoms with Gasteiger partial charge in [0, 0.05) is 41.8 Å². The van der Waals surface area contributed by atoms with E-state index in [0.29, 0.717) is 55.9 Å². The highest BCUT2D eigenvalue weighted by Crippen LogP contribution is 2.41. The molecule has 1 aromatic heterocycles. The maximum absolute atomic E-state index is 14.0. The van der Waals surface area contributed by atoms with Gasteiger partial charge in [0.25, 0.3) is 11.8 Å². The minimum atomic E-state index is -1.03. The van der Waals surface area contributed by atoms with Gasteiger partial charge < -0.3 is 29.7 Å². The van der Waals surface area contributed by atoms with Crippen LogP contribution < -0.4 is 20.7 Å². The van der Waals surface area contributed by atoms with Crippen molar-refractivity contribution < 1.29 is 47.4 Å². The smallest absolute Gasteiger partial charge is 0.264 e. The van der Waals surface area contributed by atoms with Crippen LogP contribution in [0.4, 0.5) is 15.8 Å². The van der Waals surface area contributed by atoms with Gasteiger partial charge >= 0.3 is 0 Å². The summed E-state index contributed by atoms with van der Waals surface area (Å²) in [5.41, 5.74) is 3.46. The molecule has 16 heteroatoms. The van der Waals surface area contributed by atoms with Crippen LogP contribution in [0, 0.1) is 17.7 Å². The number of imide groups is 2. The number of anilines is 2. The van der Waals surface area contributed by atoms with Gasteiger partial charge in [0.2, 0.25) is 23.6 Å². The lowest BCUT2D eigenvalue weighted by molar-refractivity contribution is -0.141. The standard InChI is InChI=1S/C47H51FN6O9/c1-28(29-5-7-30(8-6-29)35-17-19-49-38-14-9-31(48)25-37(35)38)44(57)51-32-10-12-33(13-11-32)63-34-26-53(27-34)42(56)18-21-61-23-24-62-22-20-50-39-4-2-3-36-43(39)47(60)54(46(36)59)40-15-16-41(55)52-45(40)58/h2-4,9-14,17,19,25,28-30,34,40,50H,5-8,15-16,18,20-24,26-27H2,1H3,(H,51,57)(H,52,55,58)/t28-,29?,30?,40?/m1/s1. The minimum Gasteiger partial charge on any atom is -0.487 e. The van der Waals surface area contributed by atoms with E-state index in [4.69, 9.17) is 14.2 Å². The molecule has 330 valence electrons. The Morgan fingerprint density at radius 2 is 1.65 bits per heavy atom. The molecule has 1 saturated carbocycles. The van der Waals surface area contributed by atoms with Gasteiger partial charge in [-0.3, -0.25) is 44.0 Å². The van der Waals surface area contributed by atoms with E-state index in [1.165, 1.54) is 12.1 Å². The van der Waals surface area contributed by atoms with E-state index < -0.39 is 29.7 Å². The number of halogens is 1. The van der Waals surface area contributed by atoms with Gasteiger partial charge in [-0.1, -0.05) is 13.0 Å². The molecule has 3 fully saturated rings. The largest absolute Gasteiger partial charge is 0.487 e. The minimum absolute atomic E-state index is 0.0176.